The third-order valence-electron chi connectivity index (χ3n) is 10.9. The summed E-state index contributed by atoms with van der Waals surface area (Å²) in [4.78, 5) is 22.3. The number of carboxylic acids is 1. The molecule has 6 atom stereocenters. The Morgan fingerprint density at radius 1 is 1.17 bits per heavy atom. The lowest BCUT2D eigenvalue weighted by Crippen LogP contribution is -2.51. The molecule has 1 aromatic heterocycles. The van der Waals surface area contributed by atoms with Crippen molar-refractivity contribution < 1.29 is 32.5 Å². The number of carbonyl (C=O) groups is 1. The first-order chi connectivity index (χ1) is 23.1. The molecule has 1 spiro atoms. The summed E-state index contributed by atoms with van der Waals surface area (Å²) >= 11 is 6.41. The van der Waals surface area contributed by atoms with Crippen LogP contribution in [0.3, 0.4) is 0 Å². The van der Waals surface area contributed by atoms with Crippen molar-refractivity contribution in [3.63, 3.8) is 0 Å². The Morgan fingerprint density at radius 2 is 2.00 bits per heavy atom. The molecule has 0 bridgehead atoms. The van der Waals surface area contributed by atoms with E-state index < -0.39 is 21.1 Å². The van der Waals surface area contributed by atoms with Crippen molar-refractivity contribution in [1.82, 2.24) is 9.97 Å². The lowest BCUT2D eigenvalue weighted by atomic mass is 9.67. The van der Waals surface area contributed by atoms with E-state index in [4.69, 9.17) is 25.8 Å². The Morgan fingerprint density at radius 3 is 2.77 bits per heavy atom. The maximum atomic E-state index is 12.9. The summed E-state index contributed by atoms with van der Waals surface area (Å²) in [7, 11) is -3.69. The molecule has 3 heterocycles. The van der Waals surface area contributed by atoms with Crippen molar-refractivity contribution in [1.29, 1.82) is 0 Å². The molecule has 2 unspecified atom stereocenters. The number of aromatic carboxylic acids is 1. The van der Waals surface area contributed by atoms with Gasteiger partial charge in [-0.25, -0.2) is 23.2 Å². The second-order valence-corrected chi connectivity index (χ2v) is 16.6. The minimum atomic E-state index is -3.69. The number of ether oxygens (including phenoxy) is 3. The molecule has 3 aromatic rings. The maximum Gasteiger partial charge on any atom is 0.335 e. The fraction of sp³-hybridized carbons (Fsp3) is 0.528. The Labute approximate surface area is 286 Å². The second-order valence-electron chi connectivity index (χ2n) is 13.9. The smallest absolute Gasteiger partial charge is 0.335 e. The lowest BCUT2D eigenvalue weighted by molar-refractivity contribution is -0.116. The summed E-state index contributed by atoms with van der Waals surface area (Å²) in [6, 6.07) is 13.0. The summed E-state index contributed by atoms with van der Waals surface area (Å²) in [6.45, 7) is 4.25. The molecule has 256 valence electrons. The zero-order valence-electron chi connectivity index (χ0n) is 27.1. The normalized spacial score (nSPS) is 27.6. The van der Waals surface area contributed by atoms with Crippen molar-refractivity contribution in [3.8, 4) is 5.75 Å². The predicted molar refractivity (Wildman–Crippen MR) is 181 cm³/mol. The summed E-state index contributed by atoms with van der Waals surface area (Å²) in [6.07, 6.45) is 9.25. The largest absolute Gasteiger partial charge is 0.490 e. The Balaban J connectivity index is 1.07. The number of nitrogens with zero attached hydrogens (tertiary/aromatic N) is 3. The van der Waals surface area contributed by atoms with E-state index in [2.05, 4.69) is 27.0 Å². The fourth-order valence-electron chi connectivity index (χ4n) is 8.06. The van der Waals surface area contributed by atoms with Gasteiger partial charge in [0.25, 0.3) is 0 Å². The summed E-state index contributed by atoms with van der Waals surface area (Å²) < 4.78 is 45.0. The minimum Gasteiger partial charge on any atom is -0.490 e. The molecule has 1 N–H and O–H groups in total. The first-order valence-corrected chi connectivity index (χ1v) is 18.8. The van der Waals surface area contributed by atoms with Gasteiger partial charge < -0.3 is 24.2 Å². The van der Waals surface area contributed by atoms with Gasteiger partial charge in [-0.2, -0.15) is 0 Å². The van der Waals surface area contributed by atoms with Crippen molar-refractivity contribution >= 4 is 33.1 Å². The summed E-state index contributed by atoms with van der Waals surface area (Å²) in [5.41, 5.74) is 3.34. The SMILES string of the molecule is CC(CO[C@H]1CCO[C@@H]([C@@H]2CC[C@H]2CN2CC3(CCCc4cc(Cl)ccc43)COc3ccc(C(=O)O)cc32)C1)S(=O)(=O)c1ncccn1. The number of hydrogen-bond acceptors (Lipinski definition) is 9. The third kappa shape index (κ3) is 6.54. The highest BCUT2D eigenvalue weighted by atomic mass is 35.5. The molecule has 10 nitrogen and oxygen atoms in total. The molecular weight excluding hydrogens is 654 g/mol. The van der Waals surface area contributed by atoms with Gasteiger partial charge in [-0.15, -0.1) is 0 Å². The topological polar surface area (TPSA) is 128 Å². The molecule has 1 saturated carbocycles. The second kappa shape index (κ2) is 13.6. The Kier molecular flexibility index (Phi) is 9.40. The number of halogens is 1. The van der Waals surface area contributed by atoms with Gasteiger partial charge >= 0.3 is 5.97 Å². The van der Waals surface area contributed by atoms with Gasteiger partial charge in [0.2, 0.25) is 15.0 Å². The van der Waals surface area contributed by atoms with Crippen molar-refractivity contribution in [2.45, 2.75) is 79.9 Å². The van der Waals surface area contributed by atoms with Crippen molar-refractivity contribution in [3.05, 3.63) is 76.6 Å². The number of carboxylic acid groups (broad SMARTS) is 1. The Bertz CT molecular complexity index is 1760. The molecule has 48 heavy (non-hydrogen) atoms. The summed E-state index contributed by atoms with van der Waals surface area (Å²) in [5.74, 6) is 0.407. The van der Waals surface area contributed by atoms with E-state index in [1.54, 1.807) is 31.2 Å². The number of anilines is 1. The van der Waals surface area contributed by atoms with E-state index in [1.165, 1.54) is 23.5 Å². The minimum absolute atomic E-state index is 0.00595. The van der Waals surface area contributed by atoms with Gasteiger partial charge in [-0.3, -0.25) is 0 Å². The van der Waals surface area contributed by atoms with E-state index in [0.717, 1.165) is 55.9 Å². The van der Waals surface area contributed by atoms with Gasteiger partial charge in [-0.1, -0.05) is 17.7 Å². The average Bonchev–Trinajstić information content (AvgIpc) is 3.22. The number of aromatic nitrogens is 2. The highest BCUT2D eigenvalue weighted by Gasteiger charge is 2.45. The first-order valence-electron chi connectivity index (χ1n) is 16.9. The van der Waals surface area contributed by atoms with Crippen LogP contribution in [0.4, 0.5) is 5.69 Å². The predicted octanol–water partition coefficient (Wildman–Crippen LogP) is 5.75. The monoisotopic (exact) mass is 695 g/mol. The number of sulfone groups is 1. The first kappa shape index (κ1) is 33.3. The van der Waals surface area contributed by atoms with E-state index in [9.17, 15) is 18.3 Å². The van der Waals surface area contributed by atoms with Crippen molar-refractivity contribution in [2.75, 3.05) is 37.8 Å². The lowest BCUT2D eigenvalue weighted by Gasteiger charge is -2.47. The van der Waals surface area contributed by atoms with E-state index >= 15 is 0 Å². The van der Waals surface area contributed by atoms with Crippen LogP contribution in [0, 0.1) is 11.8 Å². The quantitative estimate of drug-likeness (QED) is 0.276. The molecule has 0 radical (unpaired) electrons. The molecule has 2 aliphatic carbocycles. The van der Waals surface area contributed by atoms with Crippen LogP contribution in [-0.4, -0.2) is 79.8 Å². The van der Waals surface area contributed by atoms with E-state index in [1.807, 2.05) is 6.07 Å². The van der Waals surface area contributed by atoms with Crippen LogP contribution in [-0.2, 0) is 31.1 Å². The molecule has 4 aliphatic rings. The highest BCUT2D eigenvalue weighted by molar-refractivity contribution is 7.91. The van der Waals surface area contributed by atoms with Crippen LogP contribution < -0.4 is 9.64 Å². The molecule has 12 heteroatoms. The van der Waals surface area contributed by atoms with Gasteiger partial charge in [0.15, 0.2) is 0 Å². The van der Waals surface area contributed by atoms with Gasteiger partial charge in [-0.05, 0) is 105 Å². The van der Waals surface area contributed by atoms with Crippen LogP contribution in [0.5, 0.6) is 5.75 Å². The van der Waals surface area contributed by atoms with Crippen LogP contribution >= 0.6 is 11.6 Å². The van der Waals surface area contributed by atoms with Crippen LogP contribution in [0.2, 0.25) is 5.02 Å². The standard InChI is InChI=1S/C36H42ClN3O7S/c1-23(48(43,44)35-38-13-3-14-39-35)20-46-28-11-15-45-33(18-28)29-8-5-26(29)19-40-21-36(12-2-4-24-16-27(37)7-9-30(24)36)22-47-32-10-6-25(34(41)42)17-31(32)40/h3,6-7,9-10,13-14,16-17,23,26,28-29,33H,2,4-5,8,11-12,15,18-22H2,1H3,(H,41,42)/t23?,26-,28-,29+,33+,36?/m0/s1. The highest BCUT2D eigenvalue weighted by Crippen LogP contribution is 2.47. The number of fused-ring (bicyclic) bond motifs is 3. The van der Waals surface area contributed by atoms with Crippen LogP contribution in [0.25, 0.3) is 0 Å². The molecule has 2 fully saturated rings. The van der Waals surface area contributed by atoms with E-state index in [-0.39, 0.29) is 34.9 Å². The average molecular weight is 696 g/mol. The van der Waals surface area contributed by atoms with Crippen LogP contribution in [0.15, 0.2) is 60.0 Å². The fourth-order valence-corrected chi connectivity index (χ4v) is 9.29. The number of benzene rings is 2. The third-order valence-corrected chi connectivity index (χ3v) is 13.0. The Hall–Kier alpha value is -3.25. The zero-order chi connectivity index (χ0) is 33.5. The summed E-state index contributed by atoms with van der Waals surface area (Å²) in [5, 5.41) is 9.64. The molecular formula is C36H42ClN3O7S. The van der Waals surface area contributed by atoms with Gasteiger partial charge in [0.05, 0.1) is 41.9 Å². The molecule has 7 rings (SSSR count). The maximum absolute atomic E-state index is 12.9. The van der Waals surface area contributed by atoms with E-state index in [0.29, 0.717) is 43.6 Å². The molecule has 0 amide bonds. The molecule has 1 saturated heterocycles. The number of rotatable bonds is 9. The van der Waals surface area contributed by atoms with Gasteiger partial charge in [0, 0.05) is 48.9 Å². The zero-order valence-corrected chi connectivity index (χ0v) is 28.7. The number of hydrogen-bond donors (Lipinski definition) is 1. The van der Waals surface area contributed by atoms with Crippen molar-refractivity contribution in [2.24, 2.45) is 11.8 Å². The van der Waals surface area contributed by atoms with Crippen LogP contribution in [0.1, 0.15) is 66.9 Å². The molecule has 2 aromatic carbocycles. The molecule has 2 aliphatic heterocycles. The van der Waals surface area contributed by atoms with Gasteiger partial charge in [0.1, 0.15) is 5.75 Å². The number of aryl methyl sites for hydroxylation is 1.